The number of nitrogens with zero attached hydrogens (tertiary/aromatic N) is 2. The van der Waals surface area contributed by atoms with Gasteiger partial charge in [-0.3, -0.25) is 9.59 Å². The van der Waals surface area contributed by atoms with Gasteiger partial charge in [0, 0.05) is 24.5 Å². The van der Waals surface area contributed by atoms with Crippen molar-refractivity contribution in [1.82, 2.24) is 15.4 Å². The van der Waals surface area contributed by atoms with Crippen LogP contribution in [0, 0.1) is 19.3 Å². The molecule has 1 fully saturated rings. The first-order valence-electron chi connectivity index (χ1n) is 10.9. The zero-order chi connectivity index (χ0) is 22.6. The quantitative estimate of drug-likeness (QED) is 0.762. The number of piperidine rings is 1. The molecule has 0 atom stereocenters. The highest BCUT2D eigenvalue weighted by Crippen LogP contribution is 2.21. The highest BCUT2D eigenvalue weighted by molar-refractivity contribution is 5.82. The van der Waals surface area contributed by atoms with Gasteiger partial charge in [0.1, 0.15) is 18.1 Å². The van der Waals surface area contributed by atoms with Gasteiger partial charge >= 0.3 is 0 Å². The normalized spacial score (nSPS) is 15.1. The molecule has 0 unspecified atom stereocenters. The zero-order valence-corrected chi connectivity index (χ0v) is 19.2. The molecule has 1 aromatic heterocycles. The van der Waals surface area contributed by atoms with Crippen LogP contribution < -0.4 is 10.1 Å². The number of nitrogens with one attached hydrogen (secondary N) is 1. The topological polar surface area (TPSA) is 84.7 Å². The predicted molar refractivity (Wildman–Crippen MR) is 118 cm³/mol. The minimum atomic E-state index is -0.362. The summed E-state index contributed by atoms with van der Waals surface area (Å²) in [4.78, 5) is 26.7. The van der Waals surface area contributed by atoms with Gasteiger partial charge in [-0.2, -0.15) is 0 Å². The van der Waals surface area contributed by atoms with Crippen LogP contribution in [-0.4, -0.2) is 41.0 Å². The molecule has 1 aliphatic heterocycles. The van der Waals surface area contributed by atoms with Gasteiger partial charge in [-0.1, -0.05) is 38.1 Å². The van der Waals surface area contributed by atoms with E-state index >= 15 is 0 Å². The minimum absolute atomic E-state index is 0.00462. The van der Waals surface area contributed by atoms with Crippen LogP contribution in [0.25, 0.3) is 0 Å². The summed E-state index contributed by atoms with van der Waals surface area (Å²) in [5.74, 6) is 1.68. The maximum Gasteiger partial charge on any atom is 0.227 e. The molecule has 31 heavy (non-hydrogen) atoms. The number of benzene rings is 1. The maximum atomic E-state index is 12.5. The van der Waals surface area contributed by atoms with E-state index < -0.39 is 0 Å². The Hall–Kier alpha value is -2.83. The van der Waals surface area contributed by atoms with Gasteiger partial charge in [0.15, 0.2) is 0 Å². The first-order chi connectivity index (χ1) is 14.6. The number of rotatable bonds is 6. The summed E-state index contributed by atoms with van der Waals surface area (Å²) in [6.45, 7) is 11.4. The van der Waals surface area contributed by atoms with Crippen LogP contribution in [0.2, 0.25) is 0 Å². The smallest absolute Gasteiger partial charge is 0.227 e. The summed E-state index contributed by atoms with van der Waals surface area (Å²) in [7, 11) is 0. The van der Waals surface area contributed by atoms with Crippen LogP contribution in [0.1, 0.15) is 56.2 Å². The summed E-state index contributed by atoms with van der Waals surface area (Å²) in [5, 5.41) is 7.04. The van der Waals surface area contributed by atoms with E-state index in [1.807, 2.05) is 63.8 Å². The lowest BCUT2D eigenvalue weighted by molar-refractivity contribution is -0.140. The lowest BCUT2D eigenvalue weighted by Gasteiger charge is -2.36. The van der Waals surface area contributed by atoms with E-state index in [4.69, 9.17) is 9.26 Å². The molecule has 0 radical (unpaired) electrons. The van der Waals surface area contributed by atoms with Crippen molar-refractivity contribution in [3.63, 3.8) is 0 Å². The largest absolute Gasteiger partial charge is 0.489 e. The van der Waals surface area contributed by atoms with Crippen molar-refractivity contribution in [2.75, 3.05) is 13.1 Å². The van der Waals surface area contributed by atoms with Gasteiger partial charge in [-0.15, -0.1) is 0 Å². The molecule has 0 bridgehead atoms. The number of likely N-dealkylation sites (tertiary alicyclic amines) is 1. The fraction of sp³-hybridized carbons (Fsp3) is 0.542. The summed E-state index contributed by atoms with van der Waals surface area (Å²) in [5.41, 5.74) is 2.36. The summed E-state index contributed by atoms with van der Waals surface area (Å²) in [6, 6.07) is 7.68. The van der Waals surface area contributed by atoms with E-state index in [1.54, 1.807) is 0 Å². The van der Waals surface area contributed by atoms with E-state index in [0.29, 0.717) is 26.1 Å². The van der Waals surface area contributed by atoms with E-state index in [-0.39, 0.29) is 23.3 Å². The highest BCUT2D eigenvalue weighted by Gasteiger charge is 2.30. The van der Waals surface area contributed by atoms with Gasteiger partial charge in [0.25, 0.3) is 0 Å². The summed E-state index contributed by atoms with van der Waals surface area (Å²) >= 11 is 0. The number of carbonyl (C=O) groups is 2. The highest BCUT2D eigenvalue weighted by atomic mass is 16.5. The molecule has 0 saturated carbocycles. The Kier molecular flexibility index (Phi) is 7.03. The van der Waals surface area contributed by atoms with Crippen molar-refractivity contribution in [3.8, 4) is 5.75 Å². The average molecular weight is 428 g/mol. The van der Waals surface area contributed by atoms with Crippen LogP contribution in [0.5, 0.6) is 5.75 Å². The number of hydrogen-bond acceptors (Lipinski definition) is 5. The van der Waals surface area contributed by atoms with Crippen molar-refractivity contribution in [2.45, 2.75) is 66.5 Å². The number of aromatic nitrogens is 1. The van der Waals surface area contributed by atoms with Crippen molar-refractivity contribution in [1.29, 1.82) is 0 Å². The first-order valence-corrected chi connectivity index (χ1v) is 10.9. The monoisotopic (exact) mass is 427 g/mol. The van der Waals surface area contributed by atoms with Gasteiger partial charge in [-0.05, 0) is 44.4 Å². The summed E-state index contributed by atoms with van der Waals surface area (Å²) < 4.78 is 11.0. The fourth-order valence-electron chi connectivity index (χ4n) is 3.73. The number of ether oxygens (including phenoxy) is 1. The van der Waals surface area contributed by atoms with Gasteiger partial charge in [-0.25, -0.2) is 0 Å². The molecule has 1 aromatic carbocycles. The Labute approximate surface area is 184 Å². The predicted octanol–water partition coefficient (Wildman–Crippen LogP) is 3.57. The average Bonchev–Trinajstić information content (AvgIpc) is 3.04. The third-order valence-electron chi connectivity index (χ3n) is 5.64. The first kappa shape index (κ1) is 22.8. The van der Waals surface area contributed by atoms with Crippen LogP contribution in [0.4, 0.5) is 0 Å². The zero-order valence-electron chi connectivity index (χ0n) is 19.2. The molecule has 7 nitrogen and oxygen atoms in total. The van der Waals surface area contributed by atoms with E-state index in [0.717, 1.165) is 41.2 Å². The SMILES string of the molecule is Cc1noc(C)c1COc1ccc(CC(=O)NC2CCN(C(=O)C(C)(C)C)CC2)cc1. The number of carbonyl (C=O) groups excluding carboxylic acids is 2. The van der Waals surface area contributed by atoms with Crippen LogP contribution in [-0.2, 0) is 22.6 Å². The van der Waals surface area contributed by atoms with Gasteiger partial charge in [0.05, 0.1) is 17.7 Å². The molecular weight excluding hydrogens is 394 g/mol. The molecule has 7 heteroatoms. The van der Waals surface area contributed by atoms with Crippen LogP contribution in [0.15, 0.2) is 28.8 Å². The summed E-state index contributed by atoms with van der Waals surface area (Å²) in [6.07, 6.45) is 1.91. The molecule has 2 heterocycles. The lowest BCUT2D eigenvalue weighted by Crippen LogP contribution is -2.49. The molecule has 1 saturated heterocycles. The Bertz CT molecular complexity index is 884. The van der Waals surface area contributed by atoms with Crippen molar-refractivity contribution >= 4 is 11.8 Å². The van der Waals surface area contributed by atoms with E-state index in [1.165, 1.54) is 0 Å². The second-order valence-corrected chi connectivity index (χ2v) is 9.30. The van der Waals surface area contributed by atoms with E-state index in [9.17, 15) is 9.59 Å². The van der Waals surface area contributed by atoms with Crippen molar-refractivity contribution < 1.29 is 18.8 Å². The molecule has 0 spiro atoms. The van der Waals surface area contributed by atoms with Crippen molar-refractivity contribution in [3.05, 3.63) is 46.8 Å². The second-order valence-electron chi connectivity index (χ2n) is 9.30. The molecule has 1 aliphatic rings. The molecule has 1 N–H and O–H groups in total. The second kappa shape index (κ2) is 9.54. The van der Waals surface area contributed by atoms with Crippen LogP contribution >= 0.6 is 0 Å². The number of aryl methyl sites for hydroxylation is 2. The standard InChI is InChI=1S/C24H33N3O4/c1-16-21(17(2)31-26-16)15-30-20-8-6-18(7-9-20)14-22(28)25-19-10-12-27(13-11-19)23(29)24(3,4)5/h6-9,19H,10-15H2,1-5H3,(H,25,28). The van der Waals surface area contributed by atoms with Crippen LogP contribution in [0.3, 0.4) is 0 Å². The molecule has 2 amide bonds. The molecular formula is C24H33N3O4. The third kappa shape index (κ3) is 6.09. The fourth-order valence-corrected chi connectivity index (χ4v) is 3.73. The lowest BCUT2D eigenvalue weighted by atomic mass is 9.93. The van der Waals surface area contributed by atoms with E-state index in [2.05, 4.69) is 10.5 Å². The maximum absolute atomic E-state index is 12.5. The molecule has 168 valence electrons. The number of hydrogen-bond donors (Lipinski definition) is 1. The Morgan fingerprint density at radius 2 is 1.81 bits per heavy atom. The van der Waals surface area contributed by atoms with Gasteiger partial charge in [0.2, 0.25) is 11.8 Å². The molecule has 3 rings (SSSR count). The Balaban J connectivity index is 1.43. The third-order valence-corrected chi connectivity index (χ3v) is 5.64. The van der Waals surface area contributed by atoms with Crippen molar-refractivity contribution in [2.24, 2.45) is 5.41 Å². The Morgan fingerprint density at radius 1 is 1.16 bits per heavy atom. The Morgan fingerprint density at radius 3 is 2.35 bits per heavy atom. The molecule has 0 aliphatic carbocycles. The molecule has 2 aromatic rings. The minimum Gasteiger partial charge on any atom is -0.489 e. The number of amides is 2. The van der Waals surface area contributed by atoms with Gasteiger partial charge < -0.3 is 19.5 Å².